The van der Waals surface area contributed by atoms with E-state index in [9.17, 15) is 5.11 Å². The Morgan fingerprint density at radius 2 is 2.00 bits per heavy atom. The van der Waals surface area contributed by atoms with E-state index in [-0.39, 0.29) is 12.6 Å². The van der Waals surface area contributed by atoms with Crippen molar-refractivity contribution in [2.24, 2.45) is 0 Å². The average molecular weight is 261 g/mol. The Bertz CT molecular complexity index is 498. The smallest absolute Gasteiger partial charge is 0.230 e. The van der Waals surface area contributed by atoms with E-state index in [1.165, 1.54) is 5.56 Å². The molecule has 19 heavy (non-hydrogen) atoms. The van der Waals surface area contributed by atoms with Gasteiger partial charge in [0, 0.05) is 19.6 Å². The molecule has 0 aliphatic rings. The van der Waals surface area contributed by atoms with Crippen molar-refractivity contribution >= 4 is 0 Å². The largest absolute Gasteiger partial charge is 0.424 e. The quantitative estimate of drug-likeness (QED) is 0.861. The minimum atomic E-state index is 0.137. The predicted molar refractivity (Wildman–Crippen MR) is 71.4 cm³/mol. The molecule has 0 unspecified atom stereocenters. The first kappa shape index (κ1) is 13.7. The molecule has 0 amide bonds. The Hall–Kier alpha value is -1.72. The number of benzene rings is 1. The molecule has 1 aromatic carbocycles. The minimum Gasteiger partial charge on any atom is -0.424 e. The highest BCUT2D eigenvalue weighted by Gasteiger charge is 2.18. The van der Waals surface area contributed by atoms with Crippen LogP contribution in [-0.4, -0.2) is 33.9 Å². The van der Waals surface area contributed by atoms with E-state index in [1.807, 2.05) is 25.2 Å². The lowest BCUT2D eigenvalue weighted by molar-refractivity contribution is 0.168. The number of hydrogen-bond acceptors (Lipinski definition) is 5. The van der Waals surface area contributed by atoms with E-state index < -0.39 is 0 Å². The van der Waals surface area contributed by atoms with Gasteiger partial charge in [-0.15, -0.1) is 10.2 Å². The number of aryl methyl sites for hydroxylation is 1. The van der Waals surface area contributed by atoms with E-state index in [2.05, 4.69) is 27.2 Å². The molecule has 0 radical (unpaired) electrons. The second kappa shape index (κ2) is 6.45. The molecule has 1 aromatic heterocycles. The summed E-state index contributed by atoms with van der Waals surface area (Å²) in [4.78, 5) is 2.11. The van der Waals surface area contributed by atoms with Crippen molar-refractivity contribution < 1.29 is 9.52 Å². The van der Waals surface area contributed by atoms with E-state index in [4.69, 9.17) is 4.42 Å². The molecule has 2 rings (SSSR count). The third-order valence-electron chi connectivity index (χ3n) is 3.07. The normalized spacial score (nSPS) is 12.8. The predicted octanol–water partition coefficient (Wildman–Crippen LogP) is 1.93. The molecule has 0 saturated heterocycles. The molecule has 1 atom stereocenters. The van der Waals surface area contributed by atoms with E-state index in [0.717, 1.165) is 0 Å². The van der Waals surface area contributed by atoms with Crippen molar-refractivity contribution in [2.75, 3.05) is 13.7 Å². The van der Waals surface area contributed by atoms with Gasteiger partial charge in [0.25, 0.3) is 0 Å². The summed E-state index contributed by atoms with van der Waals surface area (Å²) in [6.45, 7) is 2.49. The van der Waals surface area contributed by atoms with Crippen LogP contribution >= 0.6 is 0 Å². The lowest BCUT2D eigenvalue weighted by atomic mass is 10.0. The maximum atomic E-state index is 9.24. The molecule has 5 nitrogen and oxygen atoms in total. The number of hydrogen-bond donors (Lipinski definition) is 1. The fourth-order valence-corrected chi connectivity index (χ4v) is 2.16. The SMILES string of the molecule is Cc1nnc(CN(C)[C@H](CCO)c2ccccc2)o1. The topological polar surface area (TPSA) is 62.4 Å². The highest BCUT2D eigenvalue weighted by Crippen LogP contribution is 2.23. The van der Waals surface area contributed by atoms with Crippen molar-refractivity contribution in [1.82, 2.24) is 15.1 Å². The van der Waals surface area contributed by atoms with Crippen LogP contribution in [0.5, 0.6) is 0 Å². The van der Waals surface area contributed by atoms with Crippen LogP contribution in [0.1, 0.15) is 29.8 Å². The van der Waals surface area contributed by atoms with Crippen molar-refractivity contribution in [1.29, 1.82) is 0 Å². The molecule has 5 heteroatoms. The summed E-state index contributed by atoms with van der Waals surface area (Å²) < 4.78 is 5.39. The van der Waals surface area contributed by atoms with Gasteiger partial charge in [-0.25, -0.2) is 0 Å². The monoisotopic (exact) mass is 261 g/mol. The number of rotatable bonds is 6. The van der Waals surface area contributed by atoms with Gasteiger partial charge in [0.1, 0.15) is 0 Å². The maximum absolute atomic E-state index is 9.24. The summed E-state index contributed by atoms with van der Waals surface area (Å²) in [5, 5.41) is 17.1. The van der Waals surface area contributed by atoms with Crippen molar-refractivity contribution in [3.8, 4) is 0 Å². The fourth-order valence-electron chi connectivity index (χ4n) is 2.16. The molecule has 2 aromatic rings. The first-order chi connectivity index (χ1) is 9.20. The van der Waals surface area contributed by atoms with Crippen LogP contribution < -0.4 is 0 Å². The standard InChI is InChI=1S/C14H19N3O2/c1-11-15-16-14(19-11)10-17(2)13(8-9-18)12-6-4-3-5-7-12/h3-7,13,18H,8-10H2,1-2H3/t13-/m1/s1. The van der Waals surface area contributed by atoms with E-state index >= 15 is 0 Å². The van der Waals surface area contributed by atoms with Crippen LogP contribution in [0, 0.1) is 6.92 Å². The van der Waals surface area contributed by atoms with Crippen LogP contribution in [0.2, 0.25) is 0 Å². The van der Waals surface area contributed by atoms with Crippen molar-refractivity contribution in [3.05, 3.63) is 47.7 Å². The van der Waals surface area contributed by atoms with Gasteiger partial charge in [-0.2, -0.15) is 0 Å². The molecule has 0 saturated carbocycles. The lowest BCUT2D eigenvalue weighted by Crippen LogP contribution is -2.25. The van der Waals surface area contributed by atoms with Gasteiger partial charge >= 0.3 is 0 Å². The molecule has 1 heterocycles. The molecule has 102 valence electrons. The van der Waals surface area contributed by atoms with Crippen molar-refractivity contribution in [2.45, 2.75) is 25.9 Å². The zero-order chi connectivity index (χ0) is 13.7. The summed E-state index contributed by atoms with van der Waals surface area (Å²) in [5.41, 5.74) is 1.18. The van der Waals surface area contributed by atoms with Crippen LogP contribution in [0.15, 0.2) is 34.7 Å². The summed E-state index contributed by atoms with van der Waals surface area (Å²) in [5.74, 6) is 1.17. The lowest BCUT2D eigenvalue weighted by Gasteiger charge is -2.26. The van der Waals surface area contributed by atoms with Gasteiger partial charge in [-0.3, -0.25) is 4.90 Å². The Kier molecular flexibility index (Phi) is 4.65. The first-order valence-electron chi connectivity index (χ1n) is 6.35. The molecule has 0 fully saturated rings. The number of aliphatic hydroxyl groups is 1. The molecular weight excluding hydrogens is 242 g/mol. The third-order valence-corrected chi connectivity index (χ3v) is 3.07. The minimum absolute atomic E-state index is 0.137. The van der Waals surface area contributed by atoms with Crippen LogP contribution in [-0.2, 0) is 6.54 Å². The highest BCUT2D eigenvalue weighted by atomic mass is 16.4. The molecule has 0 bridgehead atoms. The van der Waals surface area contributed by atoms with Gasteiger partial charge in [0.05, 0.1) is 6.54 Å². The van der Waals surface area contributed by atoms with Gasteiger partial charge in [0.2, 0.25) is 11.8 Å². The van der Waals surface area contributed by atoms with E-state index in [1.54, 1.807) is 6.92 Å². The Morgan fingerprint density at radius 1 is 1.26 bits per heavy atom. The van der Waals surface area contributed by atoms with Gasteiger partial charge < -0.3 is 9.52 Å². The summed E-state index contributed by atoms with van der Waals surface area (Å²) in [6, 6.07) is 10.3. The summed E-state index contributed by atoms with van der Waals surface area (Å²) >= 11 is 0. The molecule has 0 aliphatic heterocycles. The third kappa shape index (κ3) is 3.62. The molecule has 0 aliphatic carbocycles. The van der Waals surface area contributed by atoms with E-state index in [0.29, 0.717) is 24.7 Å². The second-order valence-electron chi connectivity index (χ2n) is 4.57. The molecular formula is C14H19N3O2. The van der Waals surface area contributed by atoms with Gasteiger partial charge in [0.15, 0.2) is 0 Å². The van der Waals surface area contributed by atoms with Crippen LogP contribution in [0.25, 0.3) is 0 Å². The summed E-state index contributed by atoms with van der Waals surface area (Å²) in [6.07, 6.45) is 0.674. The second-order valence-corrected chi connectivity index (χ2v) is 4.57. The Balaban J connectivity index is 2.10. The summed E-state index contributed by atoms with van der Waals surface area (Å²) in [7, 11) is 1.99. The fraction of sp³-hybridized carbons (Fsp3) is 0.429. The average Bonchev–Trinajstić information content (AvgIpc) is 2.82. The Labute approximate surface area is 112 Å². The van der Waals surface area contributed by atoms with Crippen LogP contribution in [0.3, 0.4) is 0 Å². The Morgan fingerprint density at radius 3 is 2.58 bits per heavy atom. The van der Waals surface area contributed by atoms with Crippen molar-refractivity contribution in [3.63, 3.8) is 0 Å². The van der Waals surface area contributed by atoms with Crippen LogP contribution in [0.4, 0.5) is 0 Å². The number of nitrogens with zero attached hydrogens (tertiary/aromatic N) is 3. The zero-order valence-corrected chi connectivity index (χ0v) is 11.3. The molecule has 1 N–H and O–H groups in total. The van der Waals surface area contributed by atoms with Gasteiger partial charge in [-0.05, 0) is 19.0 Å². The zero-order valence-electron chi connectivity index (χ0n) is 11.3. The number of aliphatic hydroxyl groups excluding tert-OH is 1. The maximum Gasteiger partial charge on any atom is 0.230 e. The number of aromatic nitrogens is 2. The van der Waals surface area contributed by atoms with Gasteiger partial charge in [-0.1, -0.05) is 30.3 Å². The first-order valence-corrected chi connectivity index (χ1v) is 6.35. The molecule has 0 spiro atoms. The highest BCUT2D eigenvalue weighted by molar-refractivity contribution is 5.19.